The lowest BCUT2D eigenvalue weighted by Crippen LogP contribution is -2.36. The van der Waals surface area contributed by atoms with Gasteiger partial charge in [-0.2, -0.15) is 0 Å². The van der Waals surface area contributed by atoms with Crippen molar-refractivity contribution in [1.82, 2.24) is 4.90 Å². The lowest BCUT2D eigenvalue weighted by atomic mass is 9.93. The Balaban J connectivity index is 1.40. The van der Waals surface area contributed by atoms with Crippen LogP contribution in [0.2, 0.25) is 0 Å². The molecule has 162 valence electrons. The second-order valence-corrected chi connectivity index (χ2v) is 10.7. The van der Waals surface area contributed by atoms with Gasteiger partial charge in [0.2, 0.25) is 0 Å². The smallest absolute Gasteiger partial charge is 0.0699 e. The fraction of sp³-hybridized carbons (Fsp3) is 0.556. The number of halogens is 2. The third-order valence-corrected chi connectivity index (χ3v) is 8.28. The Morgan fingerprint density at radius 2 is 1.50 bits per heavy atom. The van der Waals surface area contributed by atoms with E-state index in [1.165, 1.54) is 35.1 Å². The summed E-state index contributed by atoms with van der Waals surface area (Å²) in [4.78, 5) is 2.37. The van der Waals surface area contributed by atoms with Gasteiger partial charge in [-0.05, 0) is 80.2 Å². The van der Waals surface area contributed by atoms with Crippen LogP contribution in [0, 0.1) is 0 Å². The molecule has 2 aliphatic rings. The fourth-order valence-corrected chi connectivity index (χ4v) is 5.27. The lowest BCUT2D eigenvalue weighted by molar-refractivity contribution is 0.193. The third-order valence-electron chi connectivity index (χ3n) is 7.12. The summed E-state index contributed by atoms with van der Waals surface area (Å²) in [5, 5.41) is 0. The molecule has 2 aliphatic carbocycles. The minimum atomic E-state index is -0.148. The number of benzene rings is 2. The predicted molar refractivity (Wildman–Crippen MR) is 130 cm³/mol. The molecule has 0 aromatic heterocycles. The summed E-state index contributed by atoms with van der Waals surface area (Å²) in [7, 11) is 0. The number of nitrogens with zero attached hydrogens (tertiary/aromatic N) is 1. The van der Waals surface area contributed by atoms with Gasteiger partial charge in [-0.25, -0.2) is 0 Å². The highest BCUT2D eigenvalue weighted by Gasteiger charge is 2.50. The monoisotopic (exact) mass is 443 g/mol. The maximum atomic E-state index is 6.88. The van der Waals surface area contributed by atoms with E-state index in [0.29, 0.717) is 6.04 Å². The van der Waals surface area contributed by atoms with Crippen LogP contribution in [0.15, 0.2) is 48.5 Å². The number of hydrogen-bond acceptors (Lipinski definition) is 1. The molecule has 2 aromatic rings. The van der Waals surface area contributed by atoms with E-state index in [4.69, 9.17) is 23.2 Å². The normalized spacial score (nSPS) is 19.6. The van der Waals surface area contributed by atoms with Crippen molar-refractivity contribution in [1.29, 1.82) is 0 Å². The molecule has 1 unspecified atom stereocenters. The summed E-state index contributed by atoms with van der Waals surface area (Å²) < 4.78 is 0. The Hall–Kier alpha value is -1.02. The SMILES string of the molecule is CCC(CCc1ccc(C2(Cl)CC2)c(C2(Cl)CC2)c1)N(CC)CCc1ccccc1. The summed E-state index contributed by atoms with van der Waals surface area (Å²) in [6, 6.07) is 18.4. The maximum absolute atomic E-state index is 6.88. The van der Waals surface area contributed by atoms with Crippen LogP contribution in [0.25, 0.3) is 0 Å². The van der Waals surface area contributed by atoms with Gasteiger partial charge in [0.25, 0.3) is 0 Å². The molecule has 0 bridgehead atoms. The molecule has 0 saturated heterocycles. The van der Waals surface area contributed by atoms with Crippen LogP contribution in [0.5, 0.6) is 0 Å². The van der Waals surface area contributed by atoms with E-state index < -0.39 is 0 Å². The quantitative estimate of drug-likeness (QED) is 0.326. The summed E-state index contributed by atoms with van der Waals surface area (Å²) in [5.41, 5.74) is 5.46. The van der Waals surface area contributed by atoms with E-state index in [1.807, 2.05) is 0 Å². The van der Waals surface area contributed by atoms with Gasteiger partial charge < -0.3 is 4.90 Å². The van der Waals surface area contributed by atoms with E-state index in [0.717, 1.165) is 51.6 Å². The Labute approximate surface area is 192 Å². The Morgan fingerprint density at radius 1 is 0.833 bits per heavy atom. The number of rotatable bonds is 11. The van der Waals surface area contributed by atoms with Crippen molar-refractivity contribution in [3.63, 3.8) is 0 Å². The van der Waals surface area contributed by atoms with Gasteiger partial charge in [-0.15, -0.1) is 23.2 Å². The molecule has 0 aliphatic heterocycles. The first kappa shape index (κ1) is 22.2. The standard InChI is InChI=1S/C27H35Cl2N/c1-3-23(30(4-2)19-14-21-8-6-5-7-9-21)12-10-22-11-13-24(26(28)15-16-26)25(20-22)27(29)17-18-27/h5-9,11,13,20,23H,3-4,10,12,14-19H2,1-2H3. The lowest BCUT2D eigenvalue weighted by Gasteiger charge is -2.30. The van der Waals surface area contributed by atoms with Crippen molar-refractivity contribution >= 4 is 23.2 Å². The van der Waals surface area contributed by atoms with Crippen LogP contribution < -0.4 is 0 Å². The average Bonchev–Trinajstić information content (AvgIpc) is 3.70. The van der Waals surface area contributed by atoms with Crippen molar-refractivity contribution in [2.45, 2.75) is 81.0 Å². The molecule has 0 radical (unpaired) electrons. The Bertz CT molecular complexity index is 839. The van der Waals surface area contributed by atoms with Crippen molar-refractivity contribution in [2.24, 2.45) is 0 Å². The number of aryl methyl sites for hydroxylation is 1. The fourth-order valence-electron chi connectivity index (χ4n) is 4.76. The van der Waals surface area contributed by atoms with E-state index in [2.05, 4.69) is 67.3 Å². The topological polar surface area (TPSA) is 3.24 Å². The van der Waals surface area contributed by atoms with E-state index >= 15 is 0 Å². The van der Waals surface area contributed by atoms with Gasteiger partial charge in [0, 0.05) is 12.6 Å². The van der Waals surface area contributed by atoms with Crippen molar-refractivity contribution in [3.05, 3.63) is 70.8 Å². The first-order valence-electron chi connectivity index (χ1n) is 11.8. The highest BCUT2D eigenvalue weighted by Crippen LogP contribution is 2.60. The second-order valence-electron chi connectivity index (χ2n) is 9.28. The van der Waals surface area contributed by atoms with Gasteiger partial charge >= 0.3 is 0 Å². The van der Waals surface area contributed by atoms with E-state index in [-0.39, 0.29) is 9.75 Å². The summed E-state index contributed by atoms with van der Waals surface area (Å²) in [6.07, 6.45) is 8.94. The summed E-state index contributed by atoms with van der Waals surface area (Å²) in [6.45, 7) is 6.85. The molecule has 1 atom stereocenters. The highest BCUT2D eigenvalue weighted by atomic mass is 35.5. The van der Waals surface area contributed by atoms with Gasteiger partial charge in [0.1, 0.15) is 0 Å². The maximum Gasteiger partial charge on any atom is 0.0699 e. The van der Waals surface area contributed by atoms with Crippen molar-refractivity contribution in [3.8, 4) is 0 Å². The number of likely N-dealkylation sites (N-methyl/N-ethyl adjacent to an activating group) is 1. The zero-order chi connectivity index (χ0) is 21.2. The van der Waals surface area contributed by atoms with Crippen LogP contribution in [0.3, 0.4) is 0 Å². The molecule has 0 amide bonds. The van der Waals surface area contributed by atoms with Gasteiger partial charge in [0.15, 0.2) is 0 Å². The zero-order valence-electron chi connectivity index (χ0n) is 18.5. The molecule has 2 aromatic carbocycles. The predicted octanol–water partition coefficient (Wildman–Crippen LogP) is 7.42. The average molecular weight is 444 g/mol. The second kappa shape index (κ2) is 9.23. The molecule has 3 heteroatoms. The number of hydrogen-bond donors (Lipinski definition) is 0. The van der Waals surface area contributed by atoms with Crippen LogP contribution in [-0.4, -0.2) is 24.0 Å². The summed E-state index contributed by atoms with van der Waals surface area (Å²) in [5.74, 6) is 0. The van der Waals surface area contributed by atoms with Gasteiger partial charge in [-0.1, -0.05) is 62.4 Å². The van der Waals surface area contributed by atoms with Gasteiger partial charge in [-0.3, -0.25) is 0 Å². The molecule has 0 spiro atoms. The van der Waals surface area contributed by atoms with Crippen LogP contribution >= 0.6 is 23.2 Å². The Morgan fingerprint density at radius 3 is 2.10 bits per heavy atom. The minimum absolute atomic E-state index is 0.138. The highest BCUT2D eigenvalue weighted by molar-refractivity contribution is 6.28. The first-order valence-corrected chi connectivity index (χ1v) is 12.5. The Kier molecular flexibility index (Phi) is 6.82. The molecular weight excluding hydrogens is 409 g/mol. The number of alkyl halides is 2. The largest absolute Gasteiger partial charge is 0.300 e. The van der Waals surface area contributed by atoms with Crippen molar-refractivity contribution in [2.75, 3.05) is 13.1 Å². The molecule has 0 heterocycles. The molecular formula is C27H35Cl2N. The minimum Gasteiger partial charge on any atom is -0.300 e. The third kappa shape index (κ3) is 5.06. The van der Waals surface area contributed by atoms with Crippen molar-refractivity contribution < 1.29 is 0 Å². The molecule has 1 nitrogen and oxygen atoms in total. The van der Waals surface area contributed by atoms with Crippen LogP contribution in [-0.2, 0) is 22.6 Å². The first-order chi connectivity index (χ1) is 14.5. The molecule has 0 N–H and O–H groups in total. The van der Waals surface area contributed by atoms with E-state index in [1.54, 1.807) is 0 Å². The molecule has 2 fully saturated rings. The zero-order valence-corrected chi connectivity index (χ0v) is 20.0. The van der Waals surface area contributed by atoms with Gasteiger partial charge in [0.05, 0.1) is 9.75 Å². The van der Waals surface area contributed by atoms with Crippen LogP contribution in [0.1, 0.15) is 74.6 Å². The molecule has 4 rings (SSSR count). The van der Waals surface area contributed by atoms with Crippen LogP contribution in [0.4, 0.5) is 0 Å². The van der Waals surface area contributed by atoms with E-state index in [9.17, 15) is 0 Å². The molecule has 2 saturated carbocycles. The molecule has 30 heavy (non-hydrogen) atoms. The summed E-state index contributed by atoms with van der Waals surface area (Å²) >= 11 is 13.7.